The monoisotopic (exact) mass is 288 g/mol. The first kappa shape index (κ1) is 17.6. The normalized spacial score (nSPS) is 13.8. The number of nitrogens with one attached hydrogen (secondary N) is 1. The van der Waals surface area contributed by atoms with E-state index >= 15 is 0 Å². The Morgan fingerprint density at radius 2 is 1.81 bits per heavy atom. The summed E-state index contributed by atoms with van der Waals surface area (Å²) in [6.07, 6.45) is 1.72. The lowest BCUT2D eigenvalue weighted by Crippen LogP contribution is -2.37. The van der Waals surface area contributed by atoms with Crippen LogP contribution >= 0.6 is 0 Å². The van der Waals surface area contributed by atoms with Crippen molar-refractivity contribution in [2.75, 3.05) is 6.54 Å². The molecule has 1 aromatic carbocycles. The molecule has 1 aromatic rings. The van der Waals surface area contributed by atoms with Crippen LogP contribution in [0.1, 0.15) is 45.7 Å². The third-order valence-corrected chi connectivity index (χ3v) is 3.23. The van der Waals surface area contributed by atoms with Crippen LogP contribution < -0.4 is 5.32 Å². The fourth-order valence-electron chi connectivity index (χ4n) is 2.12. The van der Waals surface area contributed by atoms with Crippen molar-refractivity contribution in [1.29, 1.82) is 0 Å². The third-order valence-electron chi connectivity index (χ3n) is 3.23. The molecule has 1 N–H and O–H groups in total. The van der Waals surface area contributed by atoms with Gasteiger partial charge in [0.05, 0.1) is 6.04 Å². The Morgan fingerprint density at radius 1 is 1.19 bits per heavy atom. The van der Waals surface area contributed by atoms with Gasteiger partial charge in [-0.15, -0.1) is 0 Å². The number of hydrogen-bond acceptors (Lipinski definition) is 3. The maximum atomic E-state index is 11.1. The van der Waals surface area contributed by atoms with Crippen molar-refractivity contribution >= 4 is 12.0 Å². The van der Waals surface area contributed by atoms with E-state index in [0.29, 0.717) is 12.0 Å². The van der Waals surface area contributed by atoms with E-state index in [9.17, 15) is 4.79 Å². The molecule has 0 spiro atoms. The van der Waals surface area contributed by atoms with Gasteiger partial charge in [0.15, 0.2) is 0 Å². The van der Waals surface area contributed by atoms with Gasteiger partial charge in [-0.05, 0) is 30.4 Å². The highest BCUT2D eigenvalue weighted by molar-refractivity contribution is 5.98. The van der Waals surface area contributed by atoms with Crippen LogP contribution in [-0.4, -0.2) is 30.6 Å². The van der Waals surface area contributed by atoms with Crippen molar-refractivity contribution in [3.8, 4) is 0 Å². The molecule has 0 aliphatic carbocycles. The average molecular weight is 288 g/mol. The second-order valence-corrected chi connectivity index (χ2v) is 6.28. The highest BCUT2D eigenvalue weighted by atomic mass is 16.1. The molecule has 1 rings (SSSR count). The number of carbonyl (C=O) groups excluding carboxylic acids is 1. The molecule has 0 fully saturated rings. The number of carbonyl (C=O) groups is 1. The Balaban J connectivity index is 2.69. The summed E-state index contributed by atoms with van der Waals surface area (Å²) in [6, 6.07) is 8.54. The third kappa shape index (κ3) is 6.67. The van der Waals surface area contributed by atoms with Gasteiger partial charge in [0.1, 0.15) is 6.29 Å². The minimum atomic E-state index is -0.119. The average Bonchev–Trinajstić information content (AvgIpc) is 2.44. The first-order valence-electron chi connectivity index (χ1n) is 7.74. The molecule has 21 heavy (non-hydrogen) atoms. The highest BCUT2D eigenvalue weighted by Crippen LogP contribution is 2.09. The number of nitrogens with zero attached hydrogens (tertiary/aromatic N) is 1. The summed E-state index contributed by atoms with van der Waals surface area (Å²) in [5.41, 5.74) is 3.39. The molecule has 0 saturated heterocycles. The molecule has 1 atom stereocenters. The standard InChI is InChI=1S/C18H28N2O/c1-13(2)11-19-15(5)17-8-6-16(7-9-17)10-18(12-21)20-14(3)4/h6-9,12-14,18,20H,10-11H2,1-5H3/b19-15-. The SMILES string of the molecule is C/C(=N/CC(C)C)c1ccc(CC(C=O)NC(C)C)cc1. The summed E-state index contributed by atoms with van der Waals surface area (Å²) in [7, 11) is 0. The summed E-state index contributed by atoms with van der Waals surface area (Å²) < 4.78 is 0. The summed E-state index contributed by atoms with van der Waals surface area (Å²) in [5, 5.41) is 3.26. The predicted octanol–water partition coefficient (Wildman–Crippen LogP) is 3.26. The first-order chi connectivity index (χ1) is 9.92. The molecule has 116 valence electrons. The fraction of sp³-hybridized carbons (Fsp3) is 0.556. The van der Waals surface area contributed by atoms with E-state index in [4.69, 9.17) is 0 Å². The van der Waals surface area contributed by atoms with Crippen LogP contribution in [0, 0.1) is 5.92 Å². The minimum Gasteiger partial charge on any atom is -0.305 e. The lowest BCUT2D eigenvalue weighted by molar-refractivity contribution is -0.109. The van der Waals surface area contributed by atoms with Crippen molar-refractivity contribution in [2.24, 2.45) is 10.9 Å². The number of benzene rings is 1. The summed E-state index contributed by atoms with van der Waals surface area (Å²) in [5.74, 6) is 0.578. The van der Waals surface area contributed by atoms with Crippen LogP contribution in [0.3, 0.4) is 0 Å². The van der Waals surface area contributed by atoms with Crippen LogP contribution in [0.25, 0.3) is 0 Å². The Morgan fingerprint density at radius 3 is 2.29 bits per heavy atom. The lowest BCUT2D eigenvalue weighted by Gasteiger charge is -2.15. The van der Waals surface area contributed by atoms with Crippen molar-refractivity contribution in [3.63, 3.8) is 0 Å². The van der Waals surface area contributed by atoms with E-state index in [2.05, 4.69) is 48.4 Å². The summed E-state index contributed by atoms with van der Waals surface area (Å²) >= 11 is 0. The molecular formula is C18H28N2O. The van der Waals surface area contributed by atoms with E-state index in [-0.39, 0.29) is 6.04 Å². The van der Waals surface area contributed by atoms with Gasteiger partial charge in [0.2, 0.25) is 0 Å². The van der Waals surface area contributed by atoms with Crippen LogP contribution in [0.4, 0.5) is 0 Å². The molecule has 3 nitrogen and oxygen atoms in total. The minimum absolute atomic E-state index is 0.119. The Labute approximate surface area is 128 Å². The van der Waals surface area contributed by atoms with Gasteiger partial charge >= 0.3 is 0 Å². The summed E-state index contributed by atoms with van der Waals surface area (Å²) in [4.78, 5) is 15.7. The van der Waals surface area contributed by atoms with Crippen molar-refractivity contribution in [1.82, 2.24) is 5.32 Å². The van der Waals surface area contributed by atoms with E-state index in [0.717, 1.165) is 30.5 Å². The second kappa shape index (κ2) is 8.73. The zero-order valence-corrected chi connectivity index (χ0v) is 13.9. The number of aldehydes is 1. The van der Waals surface area contributed by atoms with Gasteiger partial charge in [0, 0.05) is 18.3 Å². The highest BCUT2D eigenvalue weighted by Gasteiger charge is 2.09. The molecule has 3 heteroatoms. The van der Waals surface area contributed by atoms with Gasteiger partial charge in [0.25, 0.3) is 0 Å². The summed E-state index contributed by atoms with van der Waals surface area (Å²) in [6.45, 7) is 11.3. The van der Waals surface area contributed by atoms with Crippen molar-refractivity contribution in [2.45, 2.75) is 53.1 Å². The molecule has 0 aliphatic rings. The maximum absolute atomic E-state index is 11.1. The van der Waals surface area contributed by atoms with Crippen molar-refractivity contribution < 1.29 is 4.79 Å². The molecule has 0 heterocycles. The molecule has 1 unspecified atom stereocenters. The van der Waals surface area contributed by atoms with Crippen LogP contribution in [0.15, 0.2) is 29.3 Å². The Hall–Kier alpha value is -1.48. The van der Waals surface area contributed by atoms with Gasteiger partial charge in [-0.2, -0.15) is 0 Å². The van der Waals surface area contributed by atoms with Crippen LogP contribution in [-0.2, 0) is 11.2 Å². The number of rotatable bonds is 8. The fourth-order valence-corrected chi connectivity index (χ4v) is 2.12. The van der Waals surface area contributed by atoms with Gasteiger partial charge in [-0.3, -0.25) is 4.99 Å². The van der Waals surface area contributed by atoms with Crippen molar-refractivity contribution in [3.05, 3.63) is 35.4 Å². The molecular weight excluding hydrogens is 260 g/mol. The van der Waals surface area contributed by atoms with E-state index in [1.54, 1.807) is 0 Å². The van der Waals surface area contributed by atoms with E-state index < -0.39 is 0 Å². The molecule has 0 aliphatic heterocycles. The maximum Gasteiger partial charge on any atom is 0.137 e. The zero-order valence-electron chi connectivity index (χ0n) is 13.9. The van der Waals surface area contributed by atoms with Gasteiger partial charge < -0.3 is 10.1 Å². The van der Waals surface area contributed by atoms with Gasteiger partial charge in [-0.1, -0.05) is 52.0 Å². The van der Waals surface area contributed by atoms with E-state index in [1.807, 2.05) is 20.8 Å². The Bertz CT molecular complexity index is 461. The van der Waals surface area contributed by atoms with Crippen LogP contribution in [0.5, 0.6) is 0 Å². The smallest absolute Gasteiger partial charge is 0.137 e. The second-order valence-electron chi connectivity index (χ2n) is 6.28. The quantitative estimate of drug-likeness (QED) is 0.589. The van der Waals surface area contributed by atoms with E-state index in [1.165, 1.54) is 5.56 Å². The molecule has 0 aromatic heterocycles. The van der Waals surface area contributed by atoms with Crippen LogP contribution in [0.2, 0.25) is 0 Å². The zero-order chi connectivity index (χ0) is 15.8. The number of aliphatic imine (C=N–C) groups is 1. The molecule has 0 bridgehead atoms. The largest absolute Gasteiger partial charge is 0.305 e. The first-order valence-corrected chi connectivity index (χ1v) is 7.74. The Kier molecular flexibility index (Phi) is 7.30. The molecule has 0 amide bonds. The van der Waals surface area contributed by atoms with Gasteiger partial charge in [-0.25, -0.2) is 0 Å². The topological polar surface area (TPSA) is 41.5 Å². The molecule has 0 radical (unpaired) electrons. The lowest BCUT2D eigenvalue weighted by atomic mass is 10.0. The predicted molar refractivity (Wildman–Crippen MR) is 90.2 cm³/mol. The molecule has 0 saturated carbocycles. The number of hydrogen-bond donors (Lipinski definition) is 1.